The van der Waals surface area contributed by atoms with Crippen LogP contribution in [0, 0.1) is 17.2 Å². The van der Waals surface area contributed by atoms with Crippen molar-refractivity contribution in [2.24, 2.45) is 5.92 Å². The van der Waals surface area contributed by atoms with E-state index < -0.39 is 30.4 Å². The number of hydrogen-bond acceptors (Lipinski definition) is 11. The van der Waals surface area contributed by atoms with Crippen molar-refractivity contribution in [3.63, 3.8) is 0 Å². The molecule has 4 atom stereocenters. The number of nitriles is 1. The topological polar surface area (TPSA) is 164 Å². The number of aromatic nitrogens is 5. The van der Waals surface area contributed by atoms with Crippen molar-refractivity contribution in [2.45, 2.75) is 83.0 Å². The van der Waals surface area contributed by atoms with E-state index in [9.17, 15) is 19.6 Å². The fourth-order valence-electron chi connectivity index (χ4n) is 6.82. The molecular formula is C35H39N7O7. The molecule has 0 bridgehead atoms. The first-order valence-electron chi connectivity index (χ1n) is 16.4. The van der Waals surface area contributed by atoms with E-state index >= 15 is 0 Å². The van der Waals surface area contributed by atoms with E-state index in [2.05, 4.69) is 21.1 Å². The quantitative estimate of drug-likeness (QED) is 0.208. The lowest BCUT2D eigenvalue weighted by Gasteiger charge is -2.34. The molecule has 2 fully saturated rings. The highest BCUT2D eigenvalue weighted by Gasteiger charge is 2.37. The van der Waals surface area contributed by atoms with Gasteiger partial charge in [-0.1, -0.05) is 31.0 Å². The predicted octanol–water partition coefficient (Wildman–Crippen LogP) is 5.03. The van der Waals surface area contributed by atoms with Crippen LogP contribution in [-0.2, 0) is 30.3 Å². The number of para-hydroxylation sites is 1. The van der Waals surface area contributed by atoms with Crippen LogP contribution in [0.2, 0.25) is 0 Å². The molecule has 14 nitrogen and oxygen atoms in total. The summed E-state index contributed by atoms with van der Waals surface area (Å²) in [5.74, 6) is -0.183. The summed E-state index contributed by atoms with van der Waals surface area (Å²) < 4.78 is 25.6. The molecular weight excluding hydrogens is 630 g/mol. The molecule has 1 saturated heterocycles. The van der Waals surface area contributed by atoms with Crippen LogP contribution >= 0.6 is 0 Å². The van der Waals surface area contributed by atoms with E-state index in [0.29, 0.717) is 40.4 Å². The van der Waals surface area contributed by atoms with Crippen molar-refractivity contribution in [2.75, 3.05) is 14.2 Å². The number of nitrogens with zero attached hydrogens (tertiary/aromatic N) is 7. The van der Waals surface area contributed by atoms with Crippen LogP contribution in [0.5, 0.6) is 5.75 Å². The molecule has 256 valence electrons. The van der Waals surface area contributed by atoms with Gasteiger partial charge in [0.2, 0.25) is 6.29 Å². The van der Waals surface area contributed by atoms with Crippen LogP contribution in [-0.4, -0.2) is 79.8 Å². The van der Waals surface area contributed by atoms with Crippen molar-refractivity contribution in [1.29, 1.82) is 5.26 Å². The number of methoxy groups -OCH3 is 1. The number of rotatable bonds is 10. The Labute approximate surface area is 283 Å². The summed E-state index contributed by atoms with van der Waals surface area (Å²) in [4.78, 5) is 48.2. The second-order valence-electron chi connectivity index (χ2n) is 12.5. The van der Waals surface area contributed by atoms with Crippen molar-refractivity contribution in [1.82, 2.24) is 29.2 Å². The molecule has 4 aromatic rings. The highest BCUT2D eigenvalue weighted by atomic mass is 16.7. The zero-order valence-electron chi connectivity index (χ0n) is 27.7. The van der Waals surface area contributed by atoms with Crippen LogP contribution in [0.1, 0.15) is 63.5 Å². The summed E-state index contributed by atoms with van der Waals surface area (Å²) in [7, 11) is 2.94. The van der Waals surface area contributed by atoms with Gasteiger partial charge in [0.1, 0.15) is 18.2 Å². The number of benzene rings is 1. The molecule has 1 aromatic carbocycles. The van der Waals surface area contributed by atoms with Gasteiger partial charge in [-0.3, -0.25) is 14.0 Å². The average molecular weight is 670 g/mol. The zero-order valence-corrected chi connectivity index (χ0v) is 27.7. The molecule has 14 heteroatoms. The molecule has 2 aliphatic rings. The number of esters is 2. The Hall–Kier alpha value is -5.29. The smallest absolute Gasteiger partial charge is 0.335 e. The van der Waals surface area contributed by atoms with Crippen LogP contribution in [0.15, 0.2) is 55.2 Å². The molecule has 6 rings (SSSR count). The van der Waals surface area contributed by atoms with E-state index in [4.69, 9.17) is 18.9 Å². The molecule has 3 aromatic heterocycles. The van der Waals surface area contributed by atoms with Gasteiger partial charge in [0, 0.05) is 55.7 Å². The van der Waals surface area contributed by atoms with Gasteiger partial charge >= 0.3 is 18.0 Å². The lowest BCUT2D eigenvalue weighted by atomic mass is 9.96. The van der Waals surface area contributed by atoms with Gasteiger partial charge in [-0.05, 0) is 30.9 Å². The van der Waals surface area contributed by atoms with Gasteiger partial charge in [-0.2, -0.15) is 10.4 Å². The maximum absolute atomic E-state index is 13.8. The Bertz CT molecular complexity index is 1860. The van der Waals surface area contributed by atoms with Crippen molar-refractivity contribution in [3.05, 3.63) is 60.8 Å². The molecule has 1 saturated carbocycles. The van der Waals surface area contributed by atoms with E-state index in [1.165, 1.54) is 42.7 Å². The zero-order chi connectivity index (χ0) is 34.5. The monoisotopic (exact) mass is 669 g/mol. The van der Waals surface area contributed by atoms with Gasteiger partial charge < -0.3 is 23.8 Å². The minimum absolute atomic E-state index is 0.0134. The van der Waals surface area contributed by atoms with E-state index in [1.54, 1.807) is 31.6 Å². The fraction of sp³-hybridized carbons (Fsp3) is 0.457. The number of hydrogen-bond donors (Lipinski definition) is 0. The number of fused-ring (bicyclic) bond motifs is 1. The Kier molecular flexibility index (Phi) is 10.2. The molecule has 49 heavy (non-hydrogen) atoms. The molecule has 4 heterocycles. The van der Waals surface area contributed by atoms with Crippen molar-refractivity contribution < 1.29 is 33.3 Å². The van der Waals surface area contributed by atoms with Gasteiger partial charge in [0.05, 0.1) is 44.1 Å². The maximum Gasteiger partial charge on any atom is 0.335 e. The largest absolute Gasteiger partial charge is 0.467 e. The maximum atomic E-state index is 13.8. The van der Waals surface area contributed by atoms with Crippen LogP contribution in [0.25, 0.3) is 22.3 Å². The van der Waals surface area contributed by atoms with Crippen LogP contribution in [0.4, 0.5) is 4.79 Å². The summed E-state index contributed by atoms with van der Waals surface area (Å²) >= 11 is 0. The summed E-state index contributed by atoms with van der Waals surface area (Å²) in [5.41, 5.74) is 2.58. The molecule has 0 spiro atoms. The summed E-state index contributed by atoms with van der Waals surface area (Å²) in [6, 6.07) is 11.0. The van der Waals surface area contributed by atoms with E-state index in [1.807, 2.05) is 29.1 Å². The highest BCUT2D eigenvalue weighted by Crippen LogP contribution is 2.37. The fourth-order valence-corrected chi connectivity index (χ4v) is 6.82. The average Bonchev–Trinajstić information content (AvgIpc) is 3.89. The van der Waals surface area contributed by atoms with Crippen LogP contribution in [0.3, 0.4) is 0 Å². The third-order valence-electron chi connectivity index (χ3n) is 9.16. The third kappa shape index (κ3) is 7.41. The SMILES string of the molecule is COC(=O)[C@@H]1C[C@H](OC(C)=O)C[C@H](Oc2ccccc2CN(C)C(=O)n2ccc3c(-c4cnn([C@H](CC#N)C5CCCC5)c4)ncnc32)O1. The first-order valence-corrected chi connectivity index (χ1v) is 16.4. The van der Waals surface area contributed by atoms with E-state index in [-0.39, 0.29) is 31.5 Å². The Morgan fingerprint density at radius 1 is 1.14 bits per heavy atom. The Morgan fingerprint density at radius 2 is 1.94 bits per heavy atom. The lowest BCUT2D eigenvalue weighted by Crippen LogP contribution is -2.44. The lowest BCUT2D eigenvalue weighted by molar-refractivity contribution is -0.204. The van der Waals surface area contributed by atoms with Crippen molar-refractivity contribution >= 4 is 29.0 Å². The first-order chi connectivity index (χ1) is 23.7. The molecule has 0 unspecified atom stereocenters. The summed E-state index contributed by atoms with van der Waals surface area (Å²) in [5, 5.41) is 14.8. The minimum atomic E-state index is -0.959. The predicted molar refractivity (Wildman–Crippen MR) is 175 cm³/mol. The number of ether oxygens (including phenoxy) is 4. The van der Waals surface area contributed by atoms with E-state index in [0.717, 1.165) is 18.4 Å². The number of amides is 1. The molecule has 1 aliphatic carbocycles. The van der Waals surface area contributed by atoms with Crippen LogP contribution < -0.4 is 4.74 Å². The Balaban J connectivity index is 1.19. The van der Waals surface area contributed by atoms with Crippen molar-refractivity contribution in [3.8, 4) is 23.1 Å². The summed E-state index contributed by atoms with van der Waals surface area (Å²) in [6.07, 6.45) is 9.64. The highest BCUT2D eigenvalue weighted by molar-refractivity contribution is 5.96. The molecule has 1 amide bonds. The van der Waals surface area contributed by atoms with Gasteiger partial charge in [0.25, 0.3) is 0 Å². The molecule has 0 N–H and O–H groups in total. The normalized spacial score (nSPS) is 20.0. The second-order valence-corrected chi connectivity index (χ2v) is 12.5. The number of carbonyl (C=O) groups is 3. The molecule has 0 radical (unpaired) electrons. The van der Waals surface area contributed by atoms with Gasteiger partial charge in [0.15, 0.2) is 11.8 Å². The molecule has 1 aliphatic heterocycles. The third-order valence-corrected chi connectivity index (χ3v) is 9.16. The first kappa shape index (κ1) is 33.6. The van der Waals surface area contributed by atoms with Gasteiger partial charge in [-0.15, -0.1) is 0 Å². The second kappa shape index (κ2) is 14.9. The standard InChI is InChI=1S/C35H39N7O7/c1-22(43)47-26-16-30(34(44)46-3)49-31(17-26)48-29-11-7-6-10-24(29)19-40(2)35(45)41-15-13-27-32(37-21-38-33(27)41)25-18-39-42(20-25)28(12-14-36)23-8-4-5-9-23/h6-7,10-11,13,15,18,20-21,23,26,28,30-31H,4-5,8-9,12,16-17,19H2,1-3H3/t26-,28+,30-,31+/m0/s1. The Morgan fingerprint density at radius 3 is 2.69 bits per heavy atom. The van der Waals surface area contributed by atoms with Gasteiger partial charge in [-0.25, -0.2) is 19.6 Å². The number of carbonyl (C=O) groups excluding carboxylic acids is 3. The summed E-state index contributed by atoms with van der Waals surface area (Å²) in [6.45, 7) is 1.49. The minimum Gasteiger partial charge on any atom is -0.467 e.